The Balaban J connectivity index is 2.51. The number of ether oxygens (including phenoxy) is 2. The summed E-state index contributed by atoms with van der Waals surface area (Å²) >= 11 is 0. The van der Waals surface area contributed by atoms with E-state index in [9.17, 15) is 13.9 Å². The first-order valence-electron chi connectivity index (χ1n) is 5.92. The molecule has 1 N–H and O–H groups in total. The highest BCUT2D eigenvalue weighted by Gasteiger charge is 2.21. The molecule has 1 unspecified atom stereocenters. The molecule has 0 heterocycles. The van der Waals surface area contributed by atoms with E-state index in [0.29, 0.717) is 17.1 Å². The molecule has 2 aromatic carbocycles. The smallest absolute Gasteiger partial charge is 0.159 e. The van der Waals surface area contributed by atoms with Crippen LogP contribution in [0, 0.1) is 11.6 Å². The minimum atomic E-state index is -1.18. The summed E-state index contributed by atoms with van der Waals surface area (Å²) < 4.78 is 36.6. The van der Waals surface area contributed by atoms with Crippen molar-refractivity contribution in [1.82, 2.24) is 0 Å². The van der Waals surface area contributed by atoms with Crippen molar-refractivity contribution in [2.24, 2.45) is 0 Å². The molecule has 2 aromatic rings. The Kier molecular flexibility index (Phi) is 4.20. The molecule has 0 aliphatic rings. The second-order valence-corrected chi connectivity index (χ2v) is 4.15. The Labute approximate surface area is 115 Å². The molecule has 0 spiro atoms. The van der Waals surface area contributed by atoms with Crippen LogP contribution in [-0.4, -0.2) is 19.3 Å². The van der Waals surface area contributed by atoms with Crippen molar-refractivity contribution < 1.29 is 23.4 Å². The average Bonchev–Trinajstić information content (AvgIpc) is 2.48. The van der Waals surface area contributed by atoms with Gasteiger partial charge in [0.1, 0.15) is 17.6 Å². The van der Waals surface area contributed by atoms with Crippen molar-refractivity contribution in [1.29, 1.82) is 0 Å². The van der Waals surface area contributed by atoms with Gasteiger partial charge in [-0.1, -0.05) is 12.1 Å². The molecule has 0 aliphatic carbocycles. The van der Waals surface area contributed by atoms with Crippen LogP contribution < -0.4 is 9.47 Å². The van der Waals surface area contributed by atoms with Crippen molar-refractivity contribution >= 4 is 0 Å². The van der Waals surface area contributed by atoms with E-state index in [1.807, 2.05) is 0 Å². The van der Waals surface area contributed by atoms with Gasteiger partial charge in [-0.05, 0) is 29.8 Å². The molecule has 0 radical (unpaired) electrons. The number of aliphatic hydroxyl groups excluding tert-OH is 1. The quantitative estimate of drug-likeness (QED) is 0.935. The lowest BCUT2D eigenvalue weighted by atomic mass is 9.99. The van der Waals surface area contributed by atoms with Gasteiger partial charge in [-0.2, -0.15) is 0 Å². The van der Waals surface area contributed by atoms with Crippen LogP contribution in [0.25, 0.3) is 0 Å². The molecule has 2 rings (SSSR count). The minimum absolute atomic E-state index is 0.215. The topological polar surface area (TPSA) is 38.7 Å². The summed E-state index contributed by atoms with van der Waals surface area (Å²) in [5.74, 6) is -1.17. The van der Waals surface area contributed by atoms with Crippen LogP contribution in [0.2, 0.25) is 0 Å². The van der Waals surface area contributed by atoms with E-state index in [2.05, 4.69) is 0 Å². The van der Waals surface area contributed by atoms with E-state index < -0.39 is 17.7 Å². The summed E-state index contributed by atoms with van der Waals surface area (Å²) in [6.07, 6.45) is -1.18. The van der Waals surface area contributed by atoms with Crippen LogP contribution in [-0.2, 0) is 0 Å². The number of aliphatic hydroxyl groups is 1. The third-order valence-corrected chi connectivity index (χ3v) is 3.00. The largest absolute Gasteiger partial charge is 0.496 e. The van der Waals surface area contributed by atoms with Gasteiger partial charge in [-0.25, -0.2) is 8.78 Å². The number of rotatable bonds is 4. The zero-order valence-corrected chi connectivity index (χ0v) is 11.1. The second kappa shape index (κ2) is 5.88. The molecule has 5 heteroatoms. The van der Waals surface area contributed by atoms with E-state index >= 15 is 0 Å². The monoisotopic (exact) mass is 280 g/mol. The molecule has 0 amide bonds. The standard InChI is InChI=1S/C15H14F2O3/c1-19-12-4-3-5-13(20-2)14(12)15(18)9-6-7-10(16)11(17)8-9/h3-8,15,18H,1-2H3. The summed E-state index contributed by atoms with van der Waals surface area (Å²) in [5, 5.41) is 10.4. The van der Waals surface area contributed by atoms with E-state index in [-0.39, 0.29) is 5.56 Å². The molecule has 0 saturated heterocycles. The van der Waals surface area contributed by atoms with Crippen molar-refractivity contribution in [3.8, 4) is 11.5 Å². The van der Waals surface area contributed by atoms with Gasteiger partial charge in [0.15, 0.2) is 11.6 Å². The van der Waals surface area contributed by atoms with E-state index in [0.717, 1.165) is 12.1 Å². The van der Waals surface area contributed by atoms with Crippen LogP contribution in [0.1, 0.15) is 17.2 Å². The summed E-state index contributed by atoms with van der Waals surface area (Å²) in [7, 11) is 2.91. The zero-order chi connectivity index (χ0) is 14.7. The lowest BCUT2D eigenvalue weighted by Crippen LogP contribution is -2.05. The first-order chi connectivity index (χ1) is 9.58. The third-order valence-electron chi connectivity index (χ3n) is 3.00. The summed E-state index contributed by atoms with van der Waals surface area (Å²) in [4.78, 5) is 0. The van der Waals surface area contributed by atoms with Crippen molar-refractivity contribution in [2.45, 2.75) is 6.10 Å². The Bertz CT molecular complexity index is 592. The highest BCUT2D eigenvalue weighted by Crippen LogP contribution is 2.37. The van der Waals surface area contributed by atoms with Gasteiger partial charge < -0.3 is 14.6 Å². The normalized spacial score (nSPS) is 12.1. The highest BCUT2D eigenvalue weighted by molar-refractivity contribution is 5.49. The SMILES string of the molecule is COc1cccc(OC)c1C(O)c1ccc(F)c(F)c1. The average molecular weight is 280 g/mol. The lowest BCUT2D eigenvalue weighted by Gasteiger charge is -2.18. The molecule has 106 valence electrons. The summed E-state index contributed by atoms with van der Waals surface area (Å²) in [6, 6.07) is 8.25. The van der Waals surface area contributed by atoms with Crippen molar-refractivity contribution in [2.75, 3.05) is 14.2 Å². The minimum Gasteiger partial charge on any atom is -0.496 e. The molecule has 3 nitrogen and oxygen atoms in total. The Morgan fingerprint density at radius 1 is 0.950 bits per heavy atom. The maximum atomic E-state index is 13.3. The molecule has 0 bridgehead atoms. The molecule has 0 fully saturated rings. The molecule has 0 aromatic heterocycles. The maximum absolute atomic E-state index is 13.3. The van der Waals surface area contributed by atoms with Gasteiger partial charge in [-0.15, -0.1) is 0 Å². The fourth-order valence-corrected chi connectivity index (χ4v) is 2.00. The Morgan fingerprint density at radius 2 is 1.55 bits per heavy atom. The van der Waals surface area contributed by atoms with Crippen molar-refractivity contribution in [3.63, 3.8) is 0 Å². The molecule has 0 aliphatic heterocycles. The fourth-order valence-electron chi connectivity index (χ4n) is 2.00. The first kappa shape index (κ1) is 14.3. The summed E-state index contributed by atoms with van der Waals surface area (Å²) in [5.41, 5.74) is 0.579. The summed E-state index contributed by atoms with van der Waals surface area (Å²) in [6.45, 7) is 0. The number of hydrogen-bond donors (Lipinski definition) is 1. The molecular weight excluding hydrogens is 266 g/mol. The van der Waals surface area contributed by atoms with E-state index in [1.54, 1.807) is 18.2 Å². The zero-order valence-electron chi connectivity index (χ0n) is 11.1. The van der Waals surface area contributed by atoms with Crippen LogP contribution >= 0.6 is 0 Å². The second-order valence-electron chi connectivity index (χ2n) is 4.15. The number of hydrogen-bond acceptors (Lipinski definition) is 3. The van der Waals surface area contributed by atoms with Crippen molar-refractivity contribution in [3.05, 3.63) is 59.2 Å². The van der Waals surface area contributed by atoms with Gasteiger partial charge in [0.2, 0.25) is 0 Å². The van der Waals surface area contributed by atoms with Crippen LogP contribution in [0.5, 0.6) is 11.5 Å². The maximum Gasteiger partial charge on any atom is 0.159 e. The van der Waals surface area contributed by atoms with Gasteiger partial charge >= 0.3 is 0 Å². The van der Waals surface area contributed by atoms with Gasteiger partial charge in [0.25, 0.3) is 0 Å². The van der Waals surface area contributed by atoms with Crippen LogP contribution in [0.15, 0.2) is 36.4 Å². The molecule has 20 heavy (non-hydrogen) atoms. The highest BCUT2D eigenvalue weighted by atomic mass is 19.2. The number of benzene rings is 2. The van der Waals surface area contributed by atoms with Gasteiger partial charge in [-0.3, -0.25) is 0 Å². The van der Waals surface area contributed by atoms with E-state index in [1.165, 1.54) is 20.3 Å². The van der Waals surface area contributed by atoms with Gasteiger partial charge in [0.05, 0.1) is 19.8 Å². The Hall–Kier alpha value is -2.14. The van der Waals surface area contributed by atoms with E-state index in [4.69, 9.17) is 9.47 Å². The van der Waals surface area contributed by atoms with Gasteiger partial charge in [0, 0.05) is 0 Å². The predicted molar refractivity (Wildman–Crippen MR) is 70.0 cm³/mol. The van der Waals surface area contributed by atoms with Crippen LogP contribution in [0.4, 0.5) is 8.78 Å². The first-order valence-corrected chi connectivity index (χ1v) is 5.92. The molecule has 0 saturated carbocycles. The number of methoxy groups -OCH3 is 2. The number of halogens is 2. The third kappa shape index (κ3) is 2.58. The lowest BCUT2D eigenvalue weighted by molar-refractivity contribution is 0.208. The van der Waals surface area contributed by atoms with Crippen LogP contribution in [0.3, 0.4) is 0 Å². The fraction of sp³-hybridized carbons (Fsp3) is 0.200. The predicted octanol–water partition coefficient (Wildman–Crippen LogP) is 3.06. The Morgan fingerprint density at radius 3 is 2.05 bits per heavy atom. The molecular formula is C15H14F2O3. The molecule has 1 atom stereocenters.